The zero-order valence-corrected chi connectivity index (χ0v) is 12.7. The molecule has 2 amide bonds. The summed E-state index contributed by atoms with van der Waals surface area (Å²) < 4.78 is 0. The fourth-order valence-corrected chi connectivity index (χ4v) is 2.07. The Morgan fingerprint density at radius 3 is 2.48 bits per heavy atom. The van der Waals surface area contributed by atoms with Gasteiger partial charge in [0.15, 0.2) is 0 Å². The molecule has 5 nitrogen and oxygen atoms in total. The number of carbonyl (C=O) groups excluding carboxylic acids is 1. The number of carboxylic acid groups (broad SMARTS) is 1. The van der Waals surface area contributed by atoms with E-state index in [0.29, 0.717) is 6.54 Å². The molecule has 0 bridgehead atoms. The van der Waals surface area contributed by atoms with Gasteiger partial charge in [0.25, 0.3) is 0 Å². The number of carboxylic acids is 1. The Morgan fingerprint density at radius 1 is 1.24 bits per heavy atom. The molecule has 1 atom stereocenters. The van der Waals surface area contributed by atoms with Gasteiger partial charge in [0.2, 0.25) is 0 Å². The van der Waals surface area contributed by atoms with Crippen LogP contribution in [0.15, 0.2) is 30.3 Å². The molecule has 0 aliphatic rings. The van der Waals surface area contributed by atoms with Crippen molar-refractivity contribution < 1.29 is 14.7 Å². The molecule has 2 N–H and O–H groups in total. The van der Waals surface area contributed by atoms with E-state index in [0.717, 1.165) is 24.8 Å². The van der Waals surface area contributed by atoms with E-state index in [1.807, 2.05) is 30.3 Å². The van der Waals surface area contributed by atoms with Crippen LogP contribution < -0.4 is 5.32 Å². The van der Waals surface area contributed by atoms with Crippen molar-refractivity contribution in [2.75, 3.05) is 13.6 Å². The molecule has 0 saturated heterocycles. The average molecular weight is 292 g/mol. The van der Waals surface area contributed by atoms with Crippen LogP contribution in [0.4, 0.5) is 4.79 Å². The lowest BCUT2D eigenvalue weighted by Gasteiger charge is -2.23. The third kappa shape index (κ3) is 6.29. The molecule has 5 heteroatoms. The van der Waals surface area contributed by atoms with Crippen molar-refractivity contribution in [3.8, 4) is 0 Å². The Morgan fingerprint density at radius 2 is 1.90 bits per heavy atom. The Kier molecular flexibility index (Phi) is 7.29. The van der Waals surface area contributed by atoms with Gasteiger partial charge < -0.3 is 15.3 Å². The normalized spacial score (nSPS) is 11.7. The fourth-order valence-electron chi connectivity index (χ4n) is 2.07. The minimum Gasteiger partial charge on any atom is -0.481 e. The van der Waals surface area contributed by atoms with Crippen molar-refractivity contribution in [3.63, 3.8) is 0 Å². The Balaban J connectivity index is 2.64. The van der Waals surface area contributed by atoms with Gasteiger partial charge >= 0.3 is 12.0 Å². The molecule has 0 aliphatic carbocycles. The molecule has 0 aromatic heterocycles. The van der Waals surface area contributed by atoms with Crippen molar-refractivity contribution >= 4 is 12.0 Å². The summed E-state index contributed by atoms with van der Waals surface area (Å²) in [4.78, 5) is 24.7. The summed E-state index contributed by atoms with van der Waals surface area (Å²) in [5.74, 6) is -0.933. The highest BCUT2D eigenvalue weighted by molar-refractivity contribution is 5.76. The van der Waals surface area contributed by atoms with Crippen LogP contribution >= 0.6 is 0 Å². The van der Waals surface area contributed by atoms with E-state index in [2.05, 4.69) is 12.2 Å². The van der Waals surface area contributed by atoms with Crippen molar-refractivity contribution in [1.29, 1.82) is 0 Å². The molecule has 0 aliphatic heterocycles. The number of urea groups is 1. The quantitative estimate of drug-likeness (QED) is 0.724. The number of benzene rings is 1. The number of carbonyl (C=O) groups is 2. The maximum Gasteiger partial charge on any atom is 0.317 e. The zero-order chi connectivity index (χ0) is 15.7. The van der Waals surface area contributed by atoms with Crippen molar-refractivity contribution in [1.82, 2.24) is 10.2 Å². The van der Waals surface area contributed by atoms with E-state index in [4.69, 9.17) is 5.11 Å². The summed E-state index contributed by atoms with van der Waals surface area (Å²) in [6, 6.07) is 8.43. The Labute approximate surface area is 126 Å². The number of rotatable bonds is 8. The number of amides is 2. The zero-order valence-electron chi connectivity index (χ0n) is 12.7. The van der Waals surface area contributed by atoms with Crippen molar-refractivity contribution in [3.05, 3.63) is 35.9 Å². The second kappa shape index (κ2) is 9.00. The number of unbranched alkanes of at least 4 members (excludes halogenated alkanes) is 2. The van der Waals surface area contributed by atoms with Gasteiger partial charge in [0.1, 0.15) is 0 Å². The van der Waals surface area contributed by atoms with Gasteiger partial charge in [-0.1, -0.05) is 50.1 Å². The highest BCUT2D eigenvalue weighted by atomic mass is 16.4. The predicted octanol–water partition coefficient (Wildman–Crippen LogP) is 3.03. The van der Waals surface area contributed by atoms with Crippen LogP contribution in [-0.2, 0) is 4.79 Å². The maximum atomic E-state index is 12.1. The van der Waals surface area contributed by atoms with E-state index in [1.54, 1.807) is 11.9 Å². The van der Waals surface area contributed by atoms with E-state index >= 15 is 0 Å². The topological polar surface area (TPSA) is 69.6 Å². The molecule has 1 unspecified atom stereocenters. The average Bonchev–Trinajstić information content (AvgIpc) is 2.47. The first-order valence-corrected chi connectivity index (χ1v) is 7.33. The summed E-state index contributed by atoms with van der Waals surface area (Å²) in [6.45, 7) is 2.78. The lowest BCUT2D eigenvalue weighted by Crippen LogP contribution is -2.40. The largest absolute Gasteiger partial charge is 0.481 e. The van der Waals surface area contributed by atoms with E-state index < -0.39 is 12.0 Å². The molecular weight excluding hydrogens is 268 g/mol. The van der Waals surface area contributed by atoms with Crippen molar-refractivity contribution in [2.24, 2.45) is 0 Å². The first-order chi connectivity index (χ1) is 10.0. The van der Waals surface area contributed by atoms with Gasteiger partial charge in [-0.05, 0) is 12.0 Å². The van der Waals surface area contributed by atoms with E-state index in [9.17, 15) is 9.59 Å². The molecule has 0 spiro atoms. The number of hydrogen-bond acceptors (Lipinski definition) is 2. The Hall–Kier alpha value is -2.04. The minimum atomic E-state index is -0.933. The van der Waals surface area contributed by atoms with Gasteiger partial charge in [0, 0.05) is 13.6 Å². The van der Waals surface area contributed by atoms with Gasteiger partial charge in [-0.2, -0.15) is 0 Å². The Bertz CT molecular complexity index is 448. The standard InChI is InChI=1S/C16H24N2O3/c1-3-4-8-11-18(2)16(21)17-14(12-15(19)20)13-9-6-5-7-10-13/h5-7,9-10,14H,3-4,8,11-12H2,1-2H3,(H,17,21)(H,19,20). The molecule has 1 aromatic rings. The van der Waals surface area contributed by atoms with Crippen LogP contribution in [0.25, 0.3) is 0 Å². The molecule has 1 rings (SSSR count). The third-order valence-electron chi connectivity index (χ3n) is 3.32. The summed E-state index contributed by atoms with van der Waals surface area (Å²) in [7, 11) is 1.73. The van der Waals surface area contributed by atoms with E-state index in [1.165, 1.54) is 0 Å². The van der Waals surface area contributed by atoms with Crippen LogP contribution in [-0.4, -0.2) is 35.6 Å². The third-order valence-corrected chi connectivity index (χ3v) is 3.32. The highest BCUT2D eigenvalue weighted by Crippen LogP contribution is 2.16. The van der Waals surface area contributed by atoms with Gasteiger partial charge in [0.05, 0.1) is 12.5 Å². The second-order valence-electron chi connectivity index (χ2n) is 5.14. The molecular formula is C16H24N2O3. The first-order valence-electron chi connectivity index (χ1n) is 7.33. The van der Waals surface area contributed by atoms with Gasteiger partial charge in [-0.25, -0.2) is 4.79 Å². The minimum absolute atomic E-state index is 0.126. The fraction of sp³-hybridized carbons (Fsp3) is 0.500. The number of hydrogen-bond donors (Lipinski definition) is 2. The van der Waals surface area contributed by atoms with Crippen LogP contribution in [0.1, 0.15) is 44.2 Å². The molecule has 21 heavy (non-hydrogen) atoms. The summed E-state index contributed by atoms with van der Waals surface area (Å²) in [5, 5.41) is 11.8. The highest BCUT2D eigenvalue weighted by Gasteiger charge is 2.19. The predicted molar refractivity (Wildman–Crippen MR) is 82.1 cm³/mol. The molecule has 0 heterocycles. The van der Waals surface area contributed by atoms with Crippen LogP contribution in [0.3, 0.4) is 0 Å². The molecule has 0 fully saturated rings. The van der Waals surface area contributed by atoms with Crippen LogP contribution in [0, 0.1) is 0 Å². The summed E-state index contributed by atoms with van der Waals surface area (Å²) in [6.07, 6.45) is 3.00. The van der Waals surface area contributed by atoms with Gasteiger partial charge in [-0.15, -0.1) is 0 Å². The molecule has 1 aromatic carbocycles. The lowest BCUT2D eigenvalue weighted by molar-refractivity contribution is -0.137. The number of nitrogens with zero attached hydrogens (tertiary/aromatic N) is 1. The van der Waals surface area contributed by atoms with Gasteiger partial charge in [-0.3, -0.25) is 4.79 Å². The number of aliphatic carboxylic acids is 1. The first kappa shape index (κ1) is 17.0. The number of nitrogens with one attached hydrogen (secondary N) is 1. The molecule has 116 valence electrons. The van der Waals surface area contributed by atoms with Crippen molar-refractivity contribution in [2.45, 2.75) is 38.6 Å². The second-order valence-corrected chi connectivity index (χ2v) is 5.14. The summed E-state index contributed by atoms with van der Waals surface area (Å²) in [5.41, 5.74) is 0.801. The van der Waals surface area contributed by atoms with E-state index in [-0.39, 0.29) is 12.5 Å². The SMILES string of the molecule is CCCCCN(C)C(=O)NC(CC(=O)O)c1ccccc1. The molecule has 0 saturated carbocycles. The smallest absolute Gasteiger partial charge is 0.317 e. The summed E-state index contributed by atoms with van der Waals surface area (Å²) >= 11 is 0. The van der Waals surface area contributed by atoms with Crippen LogP contribution in [0.5, 0.6) is 0 Å². The lowest BCUT2D eigenvalue weighted by atomic mass is 10.0. The molecule has 0 radical (unpaired) electrons. The maximum absolute atomic E-state index is 12.1. The monoisotopic (exact) mass is 292 g/mol. The van der Waals surface area contributed by atoms with Crippen LogP contribution in [0.2, 0.25) is 0 Å².